The molecule has 0 aromatic rings. The van der Waals surface area contributed by atoms with Gasteiger partial charge in [-0.25, -0.2) is 0 Å². The number of esters is 4. The van der Waals surface area contributed by atoms with Crippen molar-refractivity contribution >= 4 is 23.9 Å². The van der Waals surface area contributed by atoms with Crippen molar-refractivity contribution in [2.24, 2.45) is 39.9 Å². The highest BCUT2D eigenvalue weighted by atomic mass is 16.7. The van der Waals surface area contributed by atoms with Gasteiger partial charge in [-0.1, -0.05) is 34.1 Å². The second-order valence-electron chi connectivity index (χ2n) is 12.1. The van der Waals surface area contributed by atoms with E-state index in [2.05, 4.69) is 20.8 Å². The summed E-state index contributed by atoms with van der Waals surface area (Å²) in [6.45, 7) is 9.56. The number of carbonyl (C=O) groups is 4. The molecule has 9 heteroatoms. The smallest absolute Gasteiger partial charge is 0.313 e. The Morgan fingerprint density at radius 1 is 1.11 bits per heavy atom. The number of hydrogen-bond donors (Lipinski definition) is 1. The van der Waals surface area contributed by atoms with Gasteiger partial charge in [0.2, 0.25) is 6.29 Å². The number of cyclic esters (lactones) is 1. The number of fused-ring (bicyclic) bond motifs is 2. The Morgan fingerprint density at radius 2 is 1.81 bits per heavy atom. The Labute approximate surface area is 212 Å². The minimum absolute atomic E-state index is 0.190. The zero-order valence-corrected chi connectivity index (χ0v) is 22.2. The molecule has 1 aliphatic heterocycles. The topological polar surface area (TPSA) is 125 Å². The highest BCUT2D eigenvalue weighted by Gasteiger charge is 2.79. The van der Waals surface area contributed by atoms with Gasteiger partial charge >= 0.3 is 23.9 Å². The number of hydrogen-bond acceptors (Lipinski definition) is 9. The highest BCUT2D eigenvalue weighted by Crippen LogP contribution is 2.72. The van der Waals surface area contributed by atoms with Crippen LogP contribution in [0.3, 0.4) is 0 Å². The van der Waals surface area contributed by atoms with Gasteiger partial charge in [0.15, 0.2) is 6.10 Å². The largest absolute Gasteiger partial charge is 0.469 e. The van der Waals surface area contributed by atoms with Crippen molar-refractivity contribution in [3.63, 3.8) is 0 Å². The van der Waals surface area contributed by atoms with Crippen LogP contribution in [0.2, 0.25) is 0 Å². The van der Waals surface area contributed by atoms with Crippen molar-refractivity contribution in [2.75, 3.05) is 7.11 Å². The predicted molar refractivity (Wildman–Crippen MR) is 126 cm³/mol. The summed E-state index contributed by atoms with van der Waals surface area (Å²) in [4.78, 5) is 51.7. The monoisotopic (exact) mass is 508 g/mol. The molecule has 202 valence electrons. The van der Waals surface area contributed by atoms with E-state index >= 15 is 0 Å². The quantitative estimate of drug-likeness (QED) is 0.440. The van der Waals surface area contributed by atoms with E-state index in [1.807, 2.05) is 6.92 Å². The summed E-state index contributed by atoms with van der Waals surface area (Å²) in [7, 11) is 1.26. The van der Waals surface area contributed by atoms with E-state index in [9.17, 15) is 24.3 Å². The third-order valence-electron chi connectivity index (χ3n) is 9.74. The molecule has 0 bridgehead atoms. The van der Waals surface area contributed by atoms with Crippen LogP contribution in [-0.2, 0) is 38.1 Å². The lowest BCUT2D eigenvalue weighted by molar-refractivity contribution is -0.309. The van der Waals surface area contributed by atoms with Crippen molar-refractivity contribution in [1.82, 2.24) is 0 Å². The lowest BCUT2D eigenvalue weighted by Gasteiger charge is -2.68. The molecule has 4 fully saturated rings. The summed E-state index contributed by atoms with van der Waals surface area (Å²) < 4.78 is 22.6. The first-order valence-corrected chi connectivity index (χ1v) is 13.2. The van der Waals surface area contributed by atoms with E-state index < -0.39 is 65.0 Å². The average Bonchev–Trinajstić information content (AvgIpc) is 3.05. The third kappa shape index (κ3) is 3.75. The van der Waals surface area contributed by atoms with Crippen molar-refractivity contribution < 1.29 is 43.2 Å². The predicted octanol–water partition coefficient (Wildman–Crippen LogP) is 3.15. The fourth-order valence-corrected chi connectivity index (χ4v) is 8.82. The van der Waals surface area contributed by atoms with Crippen molar-refractivity contribution in [3.8, 4) is 0 Å². The molecule has 0 amide bonds. The van der Waals surface area contributed by atoms with Crippen LogP contribution in [0.4, 0.5) is 0 Å². The van der Waals surface area contributed by atoms with E-state index in [1.165, 1.54) is 14.0 Å². The van der Waals surface area contributed by atoms with E-state index in [4.69, 9.17) is 18.9 Å². The number of aliphatic hydroxyl groups is 1. The summed E-state index contributed by atoms with van der Waals surface area (Å²) in [6.07, 6.45) is 0.607. The number of ether oxygens (including phenoxy) is 4. The summed E-state index contributed by atoms with van der Waals surface area (Å²) >= 11 is 0. The molecule has 0 radical (unpaired) electrons. The Balaban J connectivity index is 1.98. The van der Waals surface area contributed by atoms with Crippen LogP contribution in [0.25, 0.3) is 0 Å². The second-order valence-corrected chi connectivity index (χ2v) is 12.1. The van der Waals surface area contributed by atoms with Gasteiger partial charge in [-0.15, -0.1) is 0 Å². The molecule has 3 aliphatic carbocycles. The lowest BCUT2D eigenvalue weighted by Crippen LogP contribution is -2.74. The molecule has 4 aliphatic rings. The maximum absolute atomic E-state index is 13.3. The molecule has 9 nitrogen and oxygen atoms in total. The van der Waals surface area contributed by atoms with Crippen LogP contribution in [-0.4, -0.2) is 54.6 Å². The molecule has 9 unspecified atom stereocenters. The summed E-state index contributed by atoms with van der Waals surface area (Å²) in [5, 5.41) is 11.5. The maximum atomic E-state index is 13.3. The highest BCUT2D eigenvalue weighted by molar-refractivity contribution is 5.85. The van der Waals surface area contributed by atoms with E-state index in [0.717, 1.165) is 19.3 Å². The van der Waals surface area contributed by atoms with Crippen LogP contribution in [0.1, 0.15) is 79.6 Å². The molecule has 1 N–H and O–H groups in total. The lowest BCUT2D eigenvalue weighted by atomic mass is 9.37. The third-order valence-corrected chi connectivity index (χ3v) is 9.74. The maximum Gasteiger partial charge on any atom is 0.313 e. The van der Waals surface area contributed by atoms with Gasteiger partial charge in [0.1, 0.15) is 6.10 Å². The van der Waals surface area contributed by atoms with Crippen LogP contribution in [0, 0.1) is 39.9 Å². The Morgan fingerprint density at radius 3 is 2.42 bits per heavy atom. The summed E-state index contributed by atoms with van der Waals surface area (Å²) in [6, 6.07) is 0. The summed E-state index contributed by atoms with van der Waals surface area (Å²) in [5.74, 6) is -4.78. The summed E-state index contributed by atoms with van der Waals surface area (Å²) in [5.41, 5.74) is -2.19. The Hall–Kier alpha value is -2.16. The fourth-order valence-electron chi connectivity index (χ4n) is 8.82. The minimum Gasteiger partial charge on any atom is -0.469 e. The minimum atomic E-state index is -1.62. The SMILES string of the molecule is CCCC(=O)OC1C2C(C)(C)CCCC2(C)C2CCC(C(=O)OC)C3C(=O)OC(O)C32C1OC(C)=O. The van der Waals surface area contributed by atoms with Crippen LogP contribution < -0.4 is 0 Å². The van der Waals surface area contributed by atoms with Gasteiger partial charge in [-0.3, -0.25) is 19.2 Å². The zero-order valence-electron chi connectivity index (χ0n) is 22.2. The molecule has 1 heterocycles. The molecule has 1 spiro atoms. The molecule has 0 aromatic heterocycles. The van der Waals surface area contributed by atoms with Crippen LogP contribution in [0.5, 0.6) is 0 Å². The van der Waals surface area contributed by atoms with Crippen molar-refractivity contribution in [2.45, 2.75) is 98.1 Å². The first-order chi connectivity index (χ1) is 16.9. The molecular weight excluding hydrogens is 468 g/mol. The molecule has 4 rings (SSSR count). The molecule has 9 atom stereocenters. The number of methoxy groups -OCH3 is 1. The number of aliphatic hydroxyl groups excluding tert-OH is 1. The standard InChI is InChI=1S/C27H40O9/c1-7-9-17(29)35-19-20-25(3,4)12-8-13-26(20,5)16-11-10-15(22(30)33-6)18-23(31)36-24(32)27(16,18)21(19)34-14(2)28/h15-16,18-21,24,32H,7-13H2,1-6H3. The van der Waals surface area contributed by atoms with Crippen molar-refractivity contribution in [1.29, 1.82) is 0 Å². The average molecular weight is 509 g/mol. The van der Waals surface area contributed by atoms with Gasteiger partial charge in [0.05, 0.1) is 24.4 Å². The van der Waals surface area contributed by atoms with E-state index in [1.54, 1.807) is 0 Å². The van der Waals surface area contributed by atoms with E-state index in [-0.39, 0.29) is 23.7 Å². The van der Waals surface area contributed by atoms with Gasteiger partial charge < -0.3 is 24.1 Å². The number of rotatable bonds is 5. The zero-order chi connectivity index (χ0) is 26.6. The molecule has 1 saturated heterocycles. The van der Waals surface area contributed by atoms with Gasteiger partial charge in [-0.2, -0.15) is 0 Å². The Bertz CT molecular complexity index is 928. The van der Waals surface area contributed by atoms with Gasteiger partial charge in [0, 0.05) is 19.3 Å². The van der Waals surface area contributed by atoms with Gasteiger partial charge in [-0.05, 0) is 48.9 Å². The first-order valence-electron chi connectivity index (χ1n) is 13.2. The number of carbonyl (C=O) groups excluding carboxylic acids is 4. The molecule has 0 aromatic carbocycles. The molecular formula is C27H40O9. The molecule has 3 saturated carbocycles. The molecule has 36 heavy (non-hydrogen) atoms. The van der Waals surface area contributed by atoms with Crippen LogP contribution >= 0.6 is 0 Å². The van der Waals surface area contributed by atoms with Gasteiger partial charge in [0.25, 0.3) is 0 Å². The fraction of sp³-hybridized carbons (Fsp3) is 0.852. The first kappa shape index (κ1) is 26.9. The van der Waals surface area contributed by atoms with Crippen LogP contribution in [0.15, 0.2) is 0 Å². The normalized spacial score (nSPS) is 42.8. The van der Waals surface area contributed by atoms with Crippen molar-refractivity contribution in [3.05, 3.63) is 0 Å². The van der Waals surface area contributed by atoms with E-state index in [0.29, 0.717) is 19.3 Å². The Kier molecular flexibility index (Phi) is 6.94. The second kappa shape index (κ2) is 9.30.